The summed E-state index contributed by atoms with van der Waals surface area (Å²) < 4.78 is 5.44. The van der Waals surface area contributed by atoms with Crippen molar-refractivity contribution in [3.05, 3.63) is 36.3 Å². The normalized spacial score (nSPS) is 45.6. The molecule has 27 heavy (non-hydrogen) atoms. The number of Topliss-reactive ketones (excluding diaryl/α,β-unsaturated/α-hetero) is 1. The summed E-state index contributed by atoms with van der Waals surface area (Å²) in [6.45, 7) is 4.70. The summed E-state index contributed by atoms with van der Waals surface area (Å²) in [5.41, 5.74) is 0.136. The van der Waals surface area contributed by atoms with Crippen molar-refractivity contribution in [2.45, 2.75) is 58.4 Å². The molecule has 1 aromatic rings. The molecular weight excluding hydrogens is 338 g/mol. The monoisotopic (exact) mass is 367 g/mol. The van der Waals surface area contributed by atoms with Crippen LogP contribution in [0.4, 0.5) is 0 Å². The van der Waals surface area contributed by atoms with Crippen LogP contribution in [0.1, 0.15) is 62.9 Å². The Morgan fingerprint density at radius 3 is 2.78 bits per heavy atom. The van der Waals surface area contributed by atoms with E-state index in [2.05, 4.69) is 25.2 Å². The molecule has 3 fully saturated rings. The second-order valence-electron chi connectivity index (χ2n) is 9.73. The van der Waals surface area contributed by atoms with E-state index < -0.39 is 0 Å². The molecule has 0 radical (unpaired) electrons. The molecule has 1 aliphatic heterocycles. The molecule has 144 valence electrons. The van der Waals surface area contributed by atoms with Crippen LogP contribution in [-0.2, 0) is 4.79 Å². The van der Waals surface area contributed by atoms with Crippen LogP contribution in [0.5, 0.6) is 0 Å². The second-order valence-corrected chi connectivity index (χ2v) is 9.73. The van der Waals surface area contributed by atoms with Gasteiger partial charge in [0.15, 0.2) is 5.76 Å². The fourth-order valence-corrected chi connectivity index (χ4v) is 7.35. The molecule has 1 amide bonds. The van der Waals surface area contributed by atoms with Gasteiger partial charge in [-0.25, -0.2) is 0 Å². The predicted octanol–water partition coefficient (Wildman–Crippen LogP) is 4.38. The van der Waals surface area contributed by atoms with Crippen molar-refractivity contribution in [3.63, 3.8) is 0 Å². The average Bonchev–Trinajstić information content (AvgIpc) is 3.29. The number of rotatable bonds is 2. The molecule has 3 saturated carbocycles. The summed E-state index contributed by atoms with van der Waals surface area (Å²) in [5, 5.41) is 3.21. The zero-order chi connectivity index (χ0) is 18.8. The molecule has 5 rings (SSSR count). The highest BCUT2D eigenvalue weighted by molar-refractivity contribution is 5.96. The number of amides is 1. The Bertz CT molecular complexity index is 797. The first-order chi connectivity index (χ1) is 12.9. The number of furan rings is 1. The Balaban J connectivity index is 1.44. The SMILES string of the molecule is C[C@]12C=CC(=O)NC1CC[C@@H]1[C@H]2CC[C@]2(C)C(C(=O)c3ccco3)CC[C@@H]12. The van der Waals surface area contributed by atoms with Gasteiger partial charge in [-0.2, -0.15) is 0 Å². The van der Waals surface area contributed by atoms with E-state index in [4.69, 9.17) is 4.42 Å². The third-order valence-corrected chi connectivity index (χ3v) is 8.77. The minimum Gasteiger partial charge on any atom is -0.461 e. The number of ketones is 1. The van der Waals surface area contributed by atoms with Crippen molar-refractivity contribution in [1.29, 1.82) is 0 Å². The maximum absolute atomic E-state index is 13.1. The molecule has 0 bridgehead atoms. The molecule has 1 N–H and O–H groups in total. The van der Waals surface area contributed by atoms with Crippen molar-refractivity contribution < 1.29 is 14.0 Å². The van der Waals surface area contributed by atoms with Gasteiger partial charge in [0.05, 0.1) is 6.26 Å². The predicted molar refractivity (Wildman–Crippen MR) is 102 cm³/mol. The quantitative estimate of drug-likeness (QED) is 0.790. The van der Waals surface area contributed by atoms with Crippen LogP contribution in [0.3, 0.4) is 0 Å². The second kappa shape index (κ2) is 5.83. The molecule has 4 aliphatic rings. The van der Waals surface area contributed by atoms with Gasteiger partial charge in [-0.1, -0.05) is 19.9 Å². The van der Waals surface area contributed by atoms with E-state index in [1.807, 2.05) is 12.1 Å². The number of hydrogen-bond donors (Lipinski definition) is 1. The molecule has 0 saturated heterocycles. The lowest BCUT2D eigenvalue weighted by Gasteiger charge is -2.58. The fourth-order valence-electron chi connectivity index (χ4n) is 7.35. The lowest BCUT2D eigenvalue weighted by Crippen LogP contribution is -2.59. The van der Waals surface area contributed by atoms with Gasteiger partial charge in [-0.05, 0) is 79.9 Å². The van der Waals surface area contributed by atoms with Gasteiger partial charge in [-0.15, -0.1) is 0 Å². The van der Waals surface area contributed by atoms with Crippen LogP contribution in [0, 0.1) is 34.5 Å². The Hall–Kier alpha value is -1.84. The maximum atomic E-state index is 13.1. The number of hydrogen-bond acceptors (Lipinski definition) is 3. The molecular formula is C23H29NO3. The van der Waals surface area contributed by atoms with E-state index in [9.17, 15) is 9.59 Å². The third-order valence-electron chi connectivity index (χ3n) is 8.77. The summed E-state index contributed by atoms with van der Waals surface area (Å²) in [7, 11) is 0. The van der Waals surface area contributed by atoms with E-state index in [1.54, 1.807) is 12.3 Å². The molecule has 0 aromatic carbocycles. The lowest BCUT2D eigenvalue weighted by atomic mass is 9.47. The highest BCUT2D eigenvalue weighted by atomic mass is 16.3. The third kappa shape index (κ3) is 2.34. The first kappa shape index (κ1) is 17.3. The molecule has 2 heterocycles. The highest BCUT2D eigenvalue weighted by Crippen LogP contribution is 2.65. The van der Waals surface area contributed by atoms with Gasteiger partial charge < -0.3 is 9.73 Å². The van der Waals surface area contributed by atoms with E-state index in [1.165, 1.54) is 6.42 Å². The summed E-state index contributed by atoms with van der Waals surface area (Å²) in [5.74, 6) is 2.72. The van der Waals surface area contributed by atoms with Crippen LogP contribution in [0.25, 0.3) is 0 Å². The Morgan fingerprint density at radius 1 is 1.15 bits per heavy atom. The molecule has 1 aromatic heterocycles. The smallest absolute Gasteiger partial charge is 0.243 e. The molecule has 2 unspecified atom stereocenters. The molecule has 7 atom stereocenters. The largest absolute Gasteiger partial charge is 0.461 e. The van der Waals surface area contributed by atoms with Crippen LogP contribution in [-0.4, -0.2) is 17.7 Å². The standard InChI is InChI=1S/C23H29NO3/c1-22-11-9-16-14(5-8-19-23(16,2)12-10-20(25)24-19)15(22)6-7-17(22)21(26)18-4-3-13-27-18/h3-4,10,12-17,19H,5-9,11H2,1-2H3,(H,24,25)/t14-,15-,16+,17?,19?,22-,23+/m0/s1. The zero-order valence-corrected chi connectivity index (χ0v) is 16.2. The van der Waals surface area contributed by atoms with Crippen molar-refractivity contribution in [1.82, 2.24) is 5.32 Å². The highest BCUT2D eigenvalue weighted by Gasteiger charge is 2.61. The molecule has 0 spiro atoms. The van der Waals surface area contributed by atoms with Gasteiger partial charge in [0.25, 0.3) is 0 Å². The maximum Gasteiger partial charge on any atom is 0.243 e. The number of fused-ring (bicyclic) bond motifs is 5. The van der Waals surface area contributed by atoms with Crippen molar-refractivity contribution in [2.24, 2.45) is 34.5 Å². The van der Waals surface area contributed by atoms with E-state index in [-0.39, 0.29) is 34.5 Å². The van der Waals surface area contributed by atoms with E-state index in [0.717, 1.165) is 32.1 Å². The van der Waals surface area contributed by atoms with Crippen LogP contribution in [0.2, 0.25) is 0 Å². The van der Waals surface area contributed by atoms with Gasteiger partial charge >= 0.3 is 0 Å². The summed E-state index contributed by atoms with van der Waals surface area (Å²) in [6, 6.07) is 3.89. The van der Waals surface area contributed by atoms with Crippen molar-refractivity contribution in [3.8, 4) is 0 Å². The topological polar surface area (TPSA) is 59.3 Å². The minimum absolute atomic E-state index is 0.0568. The Kier molecular flexibility index (Phi) is 3.73. The fraction of sp³-hybridized carbons (Fsp3) is 0.652. The van der Waals surface area contributed by atoms with Gasteiger partial charge in [0.2, 0.25) is 11.7 Å². The van der Waals surface area contributed by atoms with Crippen molar-refractivity contribution >= 4 is 11.7 Å². The number of carbonyl (C=O) groups excluding carboxylic acids is 2. The molecule has 3 aliphatic carbocycles. The number of carbonyl (C=O) groups is 2. The summed E-state index contributed by atoms with van der Waals surface area (Å²) in [4.78, 5) is 24.9. The van der Waals surface area contributed by atoms with E-state index >= 15 is 0 Å². The Labute approximate surface area is 160 Å². The van der Waals surface area contributed by atoms with Crippen LogP contribution >= 0.6 is 0 Å². The summed E-state index contributed by atoms with van der Waals surface area (Å²) in [6.07, 6.45) is 12.1. The lowest BCUT2D eigenvalue weighted by molar-refractivity contribution is -0.122. The first-order valence-corrected chi connectivity index (χ1v) is 10.5. The zero-order valence-electron chi connectivity index (χ0n) is 16.2. The summed E-state index contributed by atoms with van der Waals surface area (Å²) >= 11 is 0. The Morgan fingerprint density at radius 2 is 2.00 bits per heavy atom. The van der Waals surface area contributed by atoms with Crippen LogP contribution < -0.4 is 5.32 Å². The van der Waals surface area contributed by atoms with Crippen LogP contribution in [0.15, 0.2) is 35.0 Å². The minimum atomic E-state index is 0.0568. The van der Waals surface area contributed by atoms with Gasteiger partial charge in [-0.3, -0.25) is 9.59 Å². The average molecular weight is 367 g/mol. The van der Waals surface area contributed by atoms with Gasteiger partial charge in [0.1, 0.15) is 0 Å². The van der Waals surface area contributed by atoms with Crippen molar-refractivity contribution in [2.75, 3.05) is 0 Å². The first-order valence-electron chi connectivity index (χ1n) is 10.5. The molecule has 4 heteroatoms. The van der Waals surface area contributed by atoms with E-state index in [0.29, 0.717) is 23.5 Å². The van der Waals surface area contributed by atoms with Gasteiger partial charge in [0, 0.05) is 17.4 Å². The number of nitrogens with one attached hydrogen (secondary N) is 1. The molecule has 4 nitrogen and oxygen atoms in total.